The number of nitrogens with one attached hydrogen (secondary N) is 2. The third-order valence-electron chi connectivity index (χ3n) is 2.23. The summed E-state index contributed by atoms with van der Waals surface area (Å²) in [5.74, 6) is 5.36. The Bertz CT molecular complexity index is 509. The van der Waals surface area contributed by atoms with Gasteiger partial charge in [0.25, 0.3) is 0 Å². The van der Waals surface area contributed by atoms with Crippen LogP contribution >= 0.6 is 11.6 Å². The molecule has 0 aromatic carbocycles. The summed E-state index contributed by atoms with van der Waals surface area (Å²) >= 11 is 5.80. The number of methoxy groups -OCH3 is 1. The molecule has 0 spiro atoms. The van der Waals surface area contributed by atoms with Crippen LogP contribution in [0.3, 0.4) is 0 Å². The van der Waals surface area contributed by atoms with Crippen molar-refractivity contribution in [3.8, 4) is 0 Å². The quantitative estimate of drug-likeness (QED) is 0.516. The molecule has 18 heavy (non-hydrogen) atoms. The smallest absolute Gasteiger partial charge is 0.242 e. The van der Waals surface area contributed by atoms with Crippen LogP contribution in [0.1, 0.15) is 6.92 Å². The van der Waals surface area contributed by atoms with Gasteiger partial charge in [0, 0.05) is 19.9 Å². The highest BCUT2D eigenvalue weighted by atomic mass is 35.5. The monoisotopic (exact) mass is 294 g/mol. The number of nitrogen functional groups attached to an aromatic ring is 1. The molecule has 1 aromatic rings. The molecule has 4 N–H and O–H groups in total. The third-order valence-corrected chi connectivity index (χ3v) is 3.90. The molecule has 7 nitrogen and oxygen atoms in total. The average molecular weight is 295 g/mol. The van der Waals surface area contributed by atoms with Gasteiger partial charge in [-0.3, -0.25) is 0 Å². The van der Waals surface area contributed by atoms with Crippen LogP contribution in [0.15, 0.2) is 17.2 Å². The Morgan fingerprint density at radius 1 is 1.61 bits per heavy atom. The molecule has 0 fully saturated rings. The van der Waals surface area contributed by atoms with Gasteiger partial charge in [0.2, 0.25) is 10.0 Å². The molecule has 1 atom stereocenters. The lowest BCUT2D eigenvalue weighted by Crippen LogP contribution is -2.31. The molecule has 0 aliphatic rings. The van der Waals surface area contributed by atoms with Crippen molar-refractivity contribution in [1.82, 2.24) is 9.71 Å². The fraction of sp³-hybridized carbons (Fsp3) is 0.444. The molecule has 0 bridgehead atoms. The van der Waals surface area contributed by atoms with E-state index in [1.54, 1.807) is 6.92 Å². The Balaban J connectivity index is 2.88. The van der Waals surface area contributed by atoms with E-state index in [0.29, 0.717) is 0 Å². The number of anilines is 1. The van der Waals surface area contributed by atoms with Crippen LogP contribution in [0, 0.1) is 0 Å². The van der Waals surface area contributed by atoms with Gasteiger partial charge in [-0.1, -0.05) is 11.6 Å². The van der Waals surface area contributed by atoms with Crippen LogP contribution in [-0.4, -0.2) is 33.2 Å². The highest BCUT2D eigenvalue weighted by molar-refractivity contribution is 7.89. The number of nitrogens with two attached hydrogens (primary N) is 1. The van der Waals surface area contributed by atoms with Crippen molar-refractivity contribution in [3.63, 3.8) is 0 Å². The zero-order valence-electron chi connectivity index (χ0n) is 9.97. The fourth-order valence-corrected chi connectivity index (χ4v) is 2.44. The SMILES string of the molecule is COC(C)CNS(=O)(=O)c1cnc(NN)c(Cl)c1. The van der Waals surface area contributed by atoms with Gasteiger partial charge >= 0.3 is 0 Å². The van der Waals surface area contributed by atoms with Crippen molar-refractivity contribution in [2.24, 2.45) is 5.84 Å². The molecule has 1 aromatic heterocycles. The molecule has 0 saturated heterocycles. The van der Waals surface area contributed by atoms with Crippen molar-refractivity contribution < 1.29 is 13.2 Å². The molecule has 0 radical (unpaired) electrons. The Hall–Kier alpha value is -0.930. The normalized spacial score (nSPS) is 13.3. The predicted octanol–water partition coefficient (Wildman–Crippen LogP) is 0.334. The van der Waals surface area contributed by atoms with E-state index >= 15 is 0 Å². The van der Waals surface area contributed by atoms with Crippen LogP contribution in [0.2, 0.25) is 5.02 Å². The van der Waals surface area contributed by atoms with Gasteiger partial charge in [-0.15, -0.1) is 0 Å². The summed E-state index contributed by atoms with van der Waals surface area (Å²) in [6.07, 6.45) is 0.939. The summed E-state index contributed by atoms with van der Waals surface area (Å²) in [5, 5.41) is 0.125. The number of halogens is 1. The summed E-state index contributed by atoms with van der Waals surface area (Å²) in [6, 6.07) is 1.27. The molecule has 0 amide bonds. The van der Waals surface area contributed by atoms with Gasteiger partial charge in [-0.05, 0) is 13.0 Å². The van der Waals surface area contributed by atoms with E-state index in [9.17, 15) is 8.42 Å². The topological polar surface area (TPSA) is 106 Å². The molecule has 0 aliphatic heterocycles. The molecule has 102 valence electrons. The van der Waals surface area contributed by atoms with Gasteiger partial charge in [0.05, 0.1) is 11.1 Å². The summed E-state index contributed by atoms with van der Waals surface area (Å²) < 4.78 is 31.1. The third kappa shape index (κ3) is 3.79. The van der Waals surface area contributed by atoms with E-state index in [0.717, 1.165) is 0 Å². The second kappa shape index (κ2) is 6.30. The Morgan fingerprint density at radius 3 is 2.78 bits per heavy atom. The largest absolute Gasteiger partial charge is 0.380 e. The lowest BCUT2D eigenvalue weighted by Gasteiger charge is -2.11. The van der Waals surface area contributed by atoms with Crippen molar-refractivity contribution in [2.75, 3.05) is 19.1 Å². The summed E-state index contributed by atoms with van der Waals surface area (Å²) in [7, 11) is -2.16. The lowest BCUT2D eigenvalue weighted by molar-refractivity contribution is 0.122. The second-order valence-electron chi connectivity index (χ2n) is 3.54. The number of hydrogen-bond donors (Lipinski definition) is 3. The van der Waals surface area contributed by atoms with Crippen LogP contribution in [0.5, 0.6) is 0 Å². The maximum Gasteiger partial charge on any atom is 0.242 e. The van der Waals surface area contributed by atoms with Crippen molar-refractivity contribution in [3.05, 3.63) is 17.3 Å². The first-order valence-corrected chi connectivity index (χ1v) is 6.91. The summed E-state index contributed by atoms with van der Waals surface area (Å²) in [6.45, 7) is 1.91. The van der Waals surface area contributed by atoms with Gasteiger partial charge < -0.3 is 10.2 Å². The minimum absolute atomic E-state index is 0.0326. The van der Waals surface area contributed by atoms with E-state index < -0.39 is 10.0 Å². The van der Waals surface area contributed by atoms with Gasteiger partial charge in [-0.25, -0.2) is 24.0 Å². The first-order valence-electron chi connectivity index (χ1n) is 5.05. The van der Waals surface area contributed by atoms with E-state index in [4.69, 9.17) is 22.2 Å². The van der Waals surface area contributed by atoms with Crippen molar-refractivity contribution in [2.45, 2.75) is 17.9 Å². The number of hydrogen-bond acceptors (Lipinski definition) is 6. The van der Waals surface area contributed by atoms with Gasteiger partial charge in [0.15, 0.2) is 5.82 Å². The second-order valence-corrected chi connectivity index (χ2v) is 5.72. The fourth-order valence-electron chi connectivity index (χ4n) is 1.07. The highest BCUT2D eigenvalue weighted by Gasteiger charge is 2.17. The Kier molecular flexibility index (Phi) is 5.29. The molecule has 0 saturated carbocycles. The minimum Gasteiger partial charge on any atom is -0.380 e. The van der Waals surface area contributed by atoms with E-state index in [1.165, 1.54) is 19.4 Å². The maximum absolute atomic E-state index is 11.9. The molecule has 0 aliphatic carbocycles. The number of rotatable bonds is 6. The van der Waals surface area contributed by atoms with Crippen LogP contribution in [0.25, 0.3) is 0 Å². The molecule has 1 heterocycles. The number of ether oxygens (including phenoxy) is 1. The molecule has 1 rings (SSSR count). The van der Waals surface area contributed by atoms with Crippen molar-refractivity contribution >= 4 is 27.4 Å². The van der Waals surface area contributed by atoms with Crippen molar-refractivity contribution in [1.29, 1.82) is 0 Å². The summed E-state index contributed by atoms with van der Waals surface area (Å²) in [4.78, 5) is 3.76. The first-order chi connectivity index (χ1) is 8.40. The number of pyridine rings is 1. The van der Waals surface area contributed by atoms with Gasteiger partial charge in [-0.2, -0.15) is 0 Å². The number of sulfonamides is 1. The standard InChI is InChI=1S/C9H15ClN4O3S/c1-6(17-2)4-13-18(15,16)7-3-8(10)9(14-11)12-5-7/h3,5-6,13H,4,11H2,1-2H3,(H,12,14). The lowest BCUT2D eigenvalue weighted by atomic mass is 10.4. The van der Waals surface area contributed by atoms with Crippen LogP contribution < -0.4 is 16.0 Å². The van der Waals surface area contributed by atoms with E-state index in [1.807, 2.05) is 0 Å². The number of aromatic nitrogens is 1. The number of hydrazine groups is 1. The van der Waals surface area contributed by atoms with E-state index in [-0.39, 0.29) is 28.4 Å². The average Bonchev–Trinajstić information content (AvgIpc) is 2.35. The molecule has 1 unspecified atom stereocenters. The zero-order chi connectivity index (χ0) is 13.8. The minimum atomic E-state index is -3.66. The number of nitrogens with zero attached hydrogens (tertiary/aromatic N) is 1. The van der Waals surface area contributed by atoms with E-state index in [2.05, 4.69) is 15.1 Å². The molecular formula is C9H15ClN4O3S. The Morgan fingerprint density at radius 2 is 2.28 bits per heavy atom. The van der Waals surface area contributed by atoms with Gasteiger partial charge in [0.1, 0.15) is 4.90 Å². The highest BCUT2D eigenvalue weighted by Crippen LogP contribution is 2.21. The zero-order valence-corrected chi connectivity index (χ0v) is 11.5. The molecule has 9 heteroatoms. The first kappa shape index (κ1) is 15.1. The Labute approximate surface area is 111 Å². The maximum atomic E-state index is 11.9. The van der Waals surface area contributed by atoms with Crippen LogP contribution in [-0.2, 0) is 14.8 Å². The molecular weight excluding hydrogens is 280 g/mol. The van der Waals surface area contributed by atoms with Crippen LogP contribution in [0.4, 0.5) is 5.82 Å². The predicted molar refractivity (Wildman–Crippen MR) is 68.7 cm³/mol. The summed E-state index contributed by atoms with van der Waals surface area (Å²) in [5.41, 5.74) is 2.25.